The number of nitrogens with zero attached hydrogens (tertiary/aromatic N) is 3. The highest BCUT2D eigenvalue weighted by Crippen LogP contribution is 2.39. The van der Waals surface area contributed by atoms with Crippen LogP contribution in [0.3, 0.4) is 0 Å². The van der Waals surface area contributed by atoms with E-state index in [1.165, 1.54) is 26.4 Å². The lowest BCUT2D eigenvalue weighted by atomic mass is 10.1. The maximum atomic E-state index is 13.4. The Morgan fingerprint density at radius 1 is 1.12 bits per heavy atom. The Morgan fingerprint density at radius 3 is 2.32 bits per heavy atom. The zero-order valence-corrected chi connectivity index (χ0v) is 20.0. The number of methoxy groups -OCH3 is 2. The molecule has 0 saturated carbocycles. The van der Waals surface area contributed by atoms with Crippen LogP contribution in [-0.2, 0) is 11.3 Å². The summed E-state index contributed by atoms with van der Waals surface area (Å²) in [7, 11) is 2.82. The maximum absolute atomic E-state index is 13.4. The number of nitrogens with two attached hydrogens (primary N) is 1. The van der Waals surface area contributed by atoms with E-state index in [2.05, 4.69) is 10.2 Å². The van der Waals surface area contributed by atoms with Crippen LogP contribution in [0, 0.1) is 0 Å². The van der Waals surface area contributed by atoms with Gasteiger partial charge in [-0.15, -0.1) is 10.2 Å². The van der Waals surface area contributed by atoms with Crippen molar-refractivity contribution in [2.45, 2.75) is 26.4 Å². The number of hydrogen-bond donors (Lipinski definition) is 1. The lowest BCUT2D eigenvalue weighted by Gasteiger charge is -2.26. The lowest BCUT2D eigenvalue weighted by Crippen LogP contribution is -2.36. The molecule has 0 saturated heterocycles. The van der Waals surface area contributed by atoms with Crippen molar-refractivity contribution in [2.75, 3.05) is 20.8 Å². The average Bonchev–Trinajstić information content (AvgIpc) is 3.28. The summed E-state index contributed by atoms with van der Waals surface area (Å²) in [6, 6.07) is 9.90. The normalized spacial score (nSPS) is 10.8. The number of rotatable bonds is 10. The lowest BCUT2D eigenvalue weighted by molar-refractivity contribution is -0.120. The molecular formula is C23H25ClN4O6. The quantitative estimate of drug-likeness (QED) is 0.460. The SMILES string of the molecule is COc1cc(C(=O)N(Cc2nnc(-c3ccccc3Cl)o2)C(C)C)cc(OC)c1OCC(N)=O. The minimum absolute atomic E-state index is 0.0680. The van der Waals surface area contributed by atoms with Gasteiger partial charge < -0.3 is 29.3 Å². The van der Waals surface area contributed by atoms with Gasteiger partial charge in [-0.25, -0.2) is 0 Å². The van der Waals surface area contributed by atoms with E-state index in [9.17, 15) is 9.59 Å². The van der Waals surface area contributed by atoms with E-state index < -0.39 is 5.91 Å². The molecule has 0 bridgehead atoms. The van der Waals surface area contributed by atoms with E-state index in [0.717, 1.165) is 0 Å². The minimum Gasteiger partial charge on any atom is -0.493 e. The molecule has 2 N–H and O–H groups in total. The fraction of sp³-hybridized carbons (Fsp3) is 0.304. The maximum Gasteiger partial charge on any atom is 0.255 e. The first-order chi connectivity index (χ1) is 16.2. The fourth-order valence-electron chi connectivity index (χ4n) is 3.15. The molecule has 0 spiro atoms. The summed E-state index contributed by atoms with van der Waals surface area (Å²) in [5.74, 6) is 0.112. The van der Waals surface area contributed by atoms with Crippen molar-refractivity contribution in [1.82, 2.24) is 15.1 Å². The molecular weight excluding hydrogens is 464 g/mol. The number of benzene rings is 2. The number of amides is 2. The van der Waals surface area contributed by atoms with Gasteiger partial charge in [0, 0.05) is 11.6 Å². The second-order valence-corrected chi connectivity index (χ2v) is 7.88. The standard InChI is InChI=1S/C23H25ClN4O6/c1-13(2)28(11-20-26-27-22(34-20)15-7-5-6-8-16(15)24)23(30)14-9-17(31-3)21(18(10-14)32-4)33-12-19(25)29/h5-10,13H,11-12H2,1-4H3,(H2,25,29). The zero-order valence-electron chi connectivity index (χ0n) is 19.2. The molecule has 0 radical (unpaired) electrons. The minimum atomic E-state index is -0.661. The van der Waals surface area contributed by atoms with Gasteiger partial charge in [-0.1, -0.05) is 23.7 Å². The number of halogens is 1. The predicted octanol–water partition coefficient (Wildman–Crippen LogP) is 3.32. The van der Waals surface area contributed by atoms with E-state index in [1.807, 2.05) is 19.9 Å². The number of carbonyl (C=O) groups is 2. The molecule has 34 heavy (non-hydrogen) atoms. The van der Waals surface area contributed by atoms with Crippen LogP contribution in [0.1, 0.15) is 30.1 Å². The van der Waals surface area contributed by atoms with Crippen molar-refractivity contribution in [3.63, 3.8) is 0 Å². The number of primary amides is 1. The van der Waals surface area contributed by atoms with Crippen LogP contribution in [0.15, 0.2) is 40.8 Å². The summed E-state index contributed by atoms with van der Waals surface area (Å²) in [4.78, 5) is 26.1. The van der Waals surface area contributed by atoms with Gasteiger partial charge in [0.25, 0.3) is 11.8 Å². The molecule has 3 aromatic rings. The molecule has 0 aliphatic carbocycles. The third-order valence-electron chi connectivity index (χ3n) is 4.83. The monoisotopic (exact) mass is 488 g/mol. The second-order valence-electron chi connectivity index (χ2n) is 7.47. The average molecular weight is 489 g/mol. The van der Waals surface area contributed by atoms with Crippen molar-refractivity contribution in [1.29, 1.82) is 0 Å². The number of carbonyl (C=O) groups excluding carboxylic acids is 2. The van der Waals surface area contributed by atoms with Gasteiger partial charge in [0.1, 0.15) is 0 Å². The molecule has 0 unspecified atom stereocenters. The van der Waals surface area contributed by atoms with E-state index in [0.29, 0.717) is 10.6 Å². The first-order valence-corrected chi connectivity index (χ1v) is 10.7. The van der Waals surface area contributed by atoms with Gasteiger partial charge in [-0.3, -0.25) is 9.59 Å². The Kier molecular flexibility index (Phi) is 7.95. The van der Waals surface area contributed by atoms with Crippen molar-refractivity contribution in [2.24, 2.45) is 5.73 Å². The zero-order chi connectivity index (χ0) is 24.8. The number of ether oxygens (including phenoxy) is 3. The first kappa shape index (κ1) is 24.8. The molecule has 0 aliphatic rings. The highest BCUT2D eigenvalue weighted by atomic mass is 35.5. The van der Waals surface area contributed by atoms with Gasteiger partial charge in [-0.2, -0.15) is 0 Å². The highest BCUT2D eigenvalue weighted by Gasteiger charge is 2.25. The number of aromatic nitrogens is 2. The van der Waals surface area contributed by atoms with Gasteiger partial charge in [0.2, 0.25) is 17.5 Å². The van der Waals surface area contributed by atoms with Gasteiger partial charge >= 0.3 is 0 Å². The Balaban J connectivity index is 1.89. The van der Waals surface area contributed by atoms with E-state index >= 15 is 0 Å². The number of hydrogen-bond acceptors (Lipinski definition) is 8. The van der Waals surface area contributed by atoms with Crippen LogP contribution >= 0.6 is 11.6 Å². The fourth-order valence-corrected chi connectivity index (χ4v) is 3.37. The van der Waals surface area contributed by atoms with Gasteiger partial charge in [-0.05, 0) is 38.1 Å². The molecule has 1 heterocycles. The smallest absolute Gasteiger partial charge is 0.255 e. The van der Waals surface area contributed by atoms with E-state index in [1.54, 1.807) is 23.1 Å². The summed E-state index contributed by atoms with van der Waals surface area (Å²) in [6.07, 6.45) is 0. The molecule has 10 nitrogen and oxygen atoms in total. The van der Waals surface area contributed by atoms with Crippen LogP contribution < -0.4 is 19.9 Å². The Hall–Kier alpha value is -3.79. The Labute approximate surface area is 201 Å². The molecule has 180 valence electrons. The molecule has 0 fully saturated rings. The van der Waals surface area contributed by atoms with Crippen molar-refractivity contribution in [3.8, 4) is 28.7 Å². The summed E-state index contributed by atoms with van der Waals surface area (Å²) in [6.45, 7) is 3.42. The highest BCUT2D eigenvalue weighted by molar-refractivity contribution is 6.33. The van der Waals surface area contributed by atoms with Gasteiger partial charge in [0.15, 0.2) is 18.1 Å². The topological polar surface area (TPSA) is 130 Å². The van der Waals surface area contributed by atoms with Crippen LogP contribution in [-0.4, -0.2) is 53.8 Å². The largest absolute Gasteiger partial charge is 0.493 e. The van der Waals surface area contributed by atoms with Crippen LogP contribution in [0.4, 0.5) is 0 Å². The summed E-state index contributed by atoms with van der Waals surface area (Å²) in [5, 5.41) is 8.61. The molecule has 11 heteroatoms. The summed E-state index contributed by atoms with van der Waals surface area (Å²) < 4.78 is 21.9. The van der Waals surface area contributed by atoms with Crippen LogP contribution in [0.2, 0.25) is 5.02 Å². The third-order valence-corrected chi connectivity index (χ3v) is 5.16. The summed E-state index contributed by atoms with van der Waals surface area (Å²) >= 11 is 6.21. The van der Waals surface area contributed by atoms with Crippen molar-refractivity contribution in [3.05, 3.63) is 52.9 Å². The van der Waals surface area contributed by atoms with E-state index in [-0.39, 0.29) is 59.7 Å². The van der Waals surface area contributed by atoms with Crippen molar-refractivity contribution < 1.29 is 28.2 Å². The van der Waals surface area contributed by atoms with Gasteiger partial charge in [0.05, 0.1) is 31.4 Å². The van der Waals surface area contributed by atoms with Crippen LogP contribution in [0.25, 0.3) is 11.5 Å². The molecule has 0 aliphatic heterocycles. The Morgan fingerprint density at radius 2 is 1.76 bits per heavy atom. The third kappa shape index (κ3) is 5.57. The first-order valence-electron chi connectivity index (χ1n) is 10.3. The Bertz CT molecular complexity index is 1150. The van der Waals surface area contributed by atoms with E-state index in [4.69, 9.17) is 36.0 Å². The molecule has 0 atom stereocenters. The van der Waals surface area contributed by atoms with Crippen molar-refractivity contribution >= 4 is 23.4 Å². The second kappa shape index (κ2) is 10.9. The predicted molar refractivity (Wildman–Crippen MR) is 124 cm³/mol. The summed E-state index contributed by atoms with van der Waals surface area (Å²) in [5.41, 5.74) is 6.04. The molecule has 2 aromatic carbocycles. The molecule has 3 rings (SSSR count). The van der Waals surface area contributed by atoms with Crippen LogP contribution in [0.5, 0.6) is 17.2 Å². The molecule has 2 amide bonds. The molecule has 1 aromatic heterocycles.